The first-order valence-corrected chi connectivity index (χ1v) is 6.51. The van der Waals surface area contributed by atoms with Crippen LogP contribution in [0.3, 0.4) is 0 Å². The summed E-state index contributed by atoms with van der Waals surface area (Å²) in [6.45, 7) is 6.45. The average Bonchev–Trinajstić information content (AvgIpc) is 2.01. The molecule has 0 bridgehead atoms. The minimum atomic E-state index is -2.55. The highest BCUT2D eigenvalue weighted by atomic mass is 32.2. The first kappa shape index (κ1) is 12.9. The lowest BCUT2D eigenvalue weighted by Gasteiger charge is -2.21. The predicted octanol–water partition coefficient (Wildman–Crippen LogP) is 1.33. The Morgan fingerprint density at radius 3 is 2.38 bits per heavy atom. The number of hydrogen-bond acceptors (Lipinski definition) is 3. The molecule has 0 fully saturated rings. The second-order valence-corrected chi connectivity index (χ2v) is 5.05. The third-order valence-corrected chi connectivity index (χ3v) is 3.01. The smallest absolute Gasteiger partial charge is 0.104 e. The van der Waals surface area contributed by atoms with Crippen molar-refractivity contribution in [3.8, 4) is 0 Å². The van der Waals surface area contributed by atoms with Crippen LogP contribution in [0.25, 0.3) is 0 Å². The van der Waals surface area contributed by atoms with Crippen LogP contribution in [0.1, 0.15) is 20.3 Å². The molecule has 80 valence electrons. The Bertz CT molecular complexity index is 214. The Kier molecular flexibility index (Phi) is 6.28. The molecule has 0 aliphatic rings. The van der Waals surface area contributed by atoms with Gasteiger partial charge in [-0.25, -0.2) is 13.3 Å². The molecule has 0 aliphatic carbocycles. The van der Waals surface area contributed by atoms with E-state index in [0.29, 0.717) is 26.3 Å². The van der Waals surface area contributed by atoms with Gasteiger partial charge in [-0.15, -0.1) is 0 Å². The molecule has 0 heterocycles. The predicted molar refractivity (Wildman–Crippen MR) is 55.1 cm³/mol. The van der Waals surface area contributed by atoms with Crippen LogP contribution in [-0.2, 0) is 14.7 Å². The summed E-state index contributed by atoms with van der Waals surface area (Å²) in [7, 11) is -2.55. The zero-order chi connectivity index (χ0) is 10.3. The van der Waals surface area contributed by atoms with Gasteiger partial charge in [-0.05, 0) is 13.3 Å². The van der Waals surface area contributed by atoms with E-state index >= 15 is 0 Å². The van der Waals surface area contributed by atoms with Gasteiger partial charge in [0.05, 0.1) is 6.61 Å². The highest BCUT2D eigenvalue weighted by Gasteiger charge is 2.10. The van der Waals surface area contributed by atoms with E-state index in [0.717, 1.165) is 6.42 Å². The van der Waals surface area contributed by atoms with Gasteiger partial charge in [-0.2, -0.15) is 0 Å². The molecule has 0 rings (SSSR count). The van der Waals surface area contributed by atoms with E-state index in [9.17, 15) is 4.21 Å². The zero-order valence-electron chi connectivity index (χ0n) is 8.71. The minimum Gasteiger partial charge on any atom is -0.380 e. The van der Waals surface area contributed by atoms with Gasteiger partial charge in [-0.3, -0.25) is 0 Å². The summed E-state index contributed by atoms with van der Waals surface area (Å²) >= 11 is 0. The van der Waals surface area contributed by atoms with Crippen LogP contribution < -0.4 is 0 Å². The van der Waals surface area contributed by atoms with E-state index in [1.54, 1.807) is 4.31 Å². The fraction of sp³-hybridized carbons (Fsp3) is 1.00. The lowest BCUT2D eigenvalue weighted by molar-refractivity contribution is 0.135. The van der Waals surface area contributed by atoms with Crippen molar-refractivity contribution in [1.82, 2.24) is 4.31 Å². The van der Waals surface area contributed by atoms with Crippen molar-refractivity contribution in [3.63, 3.8) is 0 Å². The Morgan fingerprint density at radius 1 is 1.38 bits per heavy atom. The van der Waals surface area contributed by atoms with Crippen LogP contribution in [0.15, 0.2) is 0 Å². The van der Waals surface area contributed by atoms with Gasteiger partial charge < -0.3 is 4.74 Å². The third-order valence-electron chi connectivity index (χ3n) is 1.65. The highest BCUT2D eigenvalue weighted by Crippen LogP contribution is 1.99. The van der Waals surface area contributed by atoms with Gasteiger partial charge in [0.25, 0.3) is 0 Å². The van der Waals surface area contributed by atoms with Crippen LogP contribution in [0.5, 0.6) is 0 Å². The molecule has 0 radical (unpaired) electrons. The van der Waals surface area contributed by atoms with Crippen molar-refractivity contribution in [2.75, 3.05) is 32.6 Å². The molecule has 0 aromatic rings. The molecule has 5 heteroatoms. The van der Waals surface area contributed by atoms with Gasteiger partial charge >= 0.3 is 0 Å². The maximum absolute atomic E-state index is 11.4. The van der Waals surface area contributed by atoms with Crippen LogP contribution in [0.2, 0.25) is 0 Å². The van der Waals surface area contributed by atoms with Crippen molar-refractivity contribution in [1.29, 1.82) is 4.78 Å². The zero-order valence-corrected chi connectivity index (χ0v) is 9.52. The lowest BCUT2D eigenvalue weighted by atomic mass is 10.5. The van der Waals surface area contributed by atoms with E-state index in [1.807, 2.05) is 13.8 Å². The normalized spacial score (nSPS) is 16.0. The SMILES string of the molecule is CCCN(CCOCC)S(C)(=N)=O. The van der Waals surface area contributed by atoms with Crippen LogP contribution in [0, 0.1) is 4.78 Å². The van der Waals surface area contributed by atoms with Gasteiger partial charge in [0.2, 0.25) is 0 Å². The van der Waals surface area contributed by atoms with Crippen LogP contribution in [0.4, 0.5) is 0 Å². The van der Waals surface area contributed by atoms with E-state index in [1.165, 1.54) is 6.26 Å². The summed E-state index contributed by atoms with van der Waals surface area (Å²) in [4.78, 5) is 0. The molecule has 1 N–H and O–H groups in total. The molecule has 0 saturated heterocycles. The van der Waals surface area contributed by atoms with E-state index in [-0.39, 0.29) is 0 Å². The van der Waals surface area contributed by atoms with Gasteiger partial charge in [0.15, 0.2) is 0 Å². The van der Waals surface area contributed by atoms with Crippen molar-refractivity contribution >= 4 is 9.92 Å². The first-order chi connectivity index (χ1) is 6.02. The molecular formula is C8H20N2O2S. The molecule has 1 unspecified atom stereocenters. The summed E-state index contributed by atoms with van der Waals surface area (Å²) in [6.07, 6.45) is 2.37. The van der Waals surface area contributed by atoms with Crippen LogP contribution >= 0.6 is 0 Å². The number of hydrogen-bond donors (Lipinski definition) is 1. The Hall–Kier alpha value is -0.130. The molecular weight excluding hydrogens is 188 g/mol. The quantitative estimate of drug-likeness (QED) is 0.642. The number of nitrogens with one attached hydrogen (secondary N) is 1. The largest absolute Gasteiger partial charge is 0.380 e. The van der Waals surface area contributed by atoms with Crippen molar-refractivity contribution in [2.45, 2.75) is 20.3 Å². The second kappa shape index (κ2) is 6.34. The highest BCUT2D eigenvalue weighted by molar-refractivity contribution is 7.89. The Morgan fingerprint density at radius 2 is 2.00 bits per heavy atom. The summed E-state index contributed by atoms with van der Waals surface area (Å²) < 4.78 is 25.7. The van der Waals surface area contributed by atoms with E-state index in [4.69, 9.17) is 9.52 Å². The molecule has 0 aromatic carbocycles. The number of nitrogens with zero attached hydrogens (tertiary/aromatic N) is 1. The molecule has 0 spiro atoms. The van der Waals surface area contributed by atoms with Gasteiger partial charge in [-0.1, -0.05) is 6.92 Å². The third kappa shape index (κ3) is 6.01. The summed E-state index contributed by atoms with van der Waals surface area (Å²) in [5.74, 6) is 0. The molecule has 4 nitrogen and oxygen atoms in total. The summed E-state index contributed by atoms with van der Waals surface area (Å²) in [5.41, 5.74) is 0. The topological polar surface area (TPSA) is 53.4 Å². The molecule has 1 atom stereocenters. The van der Waals surface area contributed by atoms with Crippen molar-refractivity contribution in [2.24, 2.45) is 0 Å². The number of ether oxygens (including phenoxy) is 1. The lowest BCUT2D eigenvalue weighted by Crippen LogP contribution is -2.33. The van der Waals surface area contributed by atoms with E-state index < -0.39 is 9.92 Å². The first-order valence-electron chi connectivity index (χ1n) is 4.59. The molecule has 0 aliphatic heterocycles. The Labute approximate surface area is 81.4 Å². The molecule has 0 saturated carbocycles. The van der Waals surface area contributed by atoms with E-state index in [2.05, 4.69) is 0 Å². The summed E-state index contributed by atoms with van der Waals surface area (Å²) in [6, 6.07) is 0. The number of rotatable bonds is 7. The fourth-order valence-electron chi connectivity index (χ4n) is 1.02. The molecule has 13 heavy (non-hydrogen) atoms. The van der Waals surface area contributed by atoms with Crippen molar-refractivity contribution in [3.05, 3.63) is 0 Å². The standard InChI is InChI=1S/C8H20N2O2S/c1-4-6-10(13(3,9)11)7-8-12-5-2/h9H,4-8H2,1-3H3. The van der Waals surface area contributed by atoms with Gasteiger partial charge in [0.1, 0.15) is 9.92 Å². The maximum Gasteiger partial charge on any atom is 0.104 e. The Balaban J connectivity index is 3.96. The van der Waals surface area contributed by atoms with Gasteiger partial charge in [0, 0.05) is 26.0 Å². The average molecular weight is 208 g/mol. The summed E-state index contributed by atoms with van der Waals surface area (Å²) in [5, 5.41) is 0. The fourth-order valence-corrected chi connectivity index (χ4v) is 1.97. The monoisotopic (exact) mass is 208 g/mol. The minimum absolute atomic E-state index is 0.556. The van der Waals surface area contributed by atoms with Crippen LogP contribution in [-0.4, -0.2) is 41.1 Å². The molecule has 0 aromatic heterocycles. The second-order valence-electron chi connectivity index (χ2n) is 2.93. The molecule has 0 amide bonds. The van der Waals surface area contributed by atoms with Crippen molar-refractivity contribution < 1.29 is 8.95 Å². The maximum atomic E-state index is 11.4.